The second-order valence-electron chi connectivity index (χ2n) is 7.86. The predicted molar refractivity (Wildman–Crippen MR) is 132 cm³/mol. The topological polar surface area (TPSA) is 55.8 Å². The van der Waals surface area contributed by atoms with Crippen molar-refractivity contribution in [2.75, 3.05) is 74.5 Å². The van der Waals surface area contributed by atoms with E-state index >= 15 is 0 Å². The average Bonchev–Trinajstić information content (AvgIpc) is 2.83. The molecule has 0 radical (unpaired) electrons. The van der Waals surface area contributed by atoms with E-state index in [9.17, 15) is 4.79 Å². The summed E-state index contributed by atoms with van der Waals surface area (Å²) in [6, 6.07) is 9.64. The fourth-order valence-electron chi connectivity index (χ4n) is 4.03. The summed E-state index contributed by atoms with van der Waals surface area (Å²) in [7, 11) is 0. The second-order valence-corrected chi connectivity index (χ2v) is 9.60. The number of piperazine rings is 2. The van der Waals surface area contributed by atoms with Crippen LogP contribution >= 0.6 is 35.0 Å². The molecule has 7 nitrogen and oxygen atoms in total. The van der Waals surface area contributed by atoms with Gasteiger partial charge < -0.3 is 19.6 Å². The van der Waals surface area contributed by atoms with Gasteiger partial charge in [-0.05, 0) is 18.7 Å². The van der Waals surface area contributed by atoms with E-state index in [1.54, 1.807) is 0 Å². The Bertz CT molecular complexity index is 932. The lowest BCUT2D eigenvalue weighted by Crippen LogP contribution is -2.49. The molecule has 1 aromatic carbocycles. The number of carbonyl (C=O) groups is 1. The van der Waals surface area contributed by atoms with Crippen molar-refractivity contribution in [1.82, 2.24) is 19.8 Å². The Balaban J connectivity index is 1.30. The zero-order chi connectivity index (χ0) is 22.5. The van der Waals surface area contributed by atoms with Crippen LogP contribution in [0.15, 0.2) is 35.5 Å². The number of hydrogen-bond acceptors (Lipinski definition) is 7. The third-order valence-electron chi connectivity index (χ3n) is 5.95. The van der Waals surface area contributed by atoms with Crippen LogP contribution in [0, 0.1) is 0 Å². The van der Waals surface area contributed by atoms with E-state index in [2.05, 4.69) is 31.6 Å². The normalized spacial score (nSPS) is 17.7. The number of halogens is 2. The third-order valence-corrected chi connectivity index (χ3v) is 7.30. The van der Waals surface area contributed by atoms with Crippen molar-refractivity contribution in [2.45, 2.75) is 12.1 Å². The van der Waals surface area contributed by atoms with Crippen LogP contribution in [0.2, 0.25) is 10.2 Å². The molecule has 2 aromatic rings. The number of likely N-dealkylation sites (N-methyl/N-ethyl adjacent to an activating group) is 1. The van der Waals surface area contributed by atoms with Gasteiger partial charge >= 0.3 is 0 Å². The van der Waals surface area contributed by atoms with Gasteiger partial charge in [0.1, 0.15) is 11.0 Å². The van der Waals surface area contributed by atoms with E-state index < -0.39 is 0 Å². The molecule has 2 aliphatic heterocycles. The maximum absolute atomic E-state index is 12.8. The molecule has 1 amide bonds. The van der Waals surface area contributed by atoms with Gasteiger partial charge in [0.25, 0.3) is 0 Å². The smallest absolute Gasteiger partial charge is 0.233 e. The van der Waals surface area contributed by atoms with Gasteiger partial charge in [-0.15, -0.1) is 0 Å². The van der Waals surface area contributed by atoms with Crippen LogP contribution < -0.4 is 9.80 Å². The molecule has 0 saturated carbocycles. The number of aromatic nitrogens is 2. The largest absolute Gasteiger partial charge is 0.367 e. The zero-order valence-corrected chi connectivity index (χ0v) is 20.5. The number of hydrogen-bond donors (Lipinski definition) is 0. The Kier molecular flexibility index (Phi) is 7.99. The number of rotatable bonds is 6. The number of para-hydroxylation sites is 1. The van der Waals surface area contributed by atoms with Gasteiger partial charge in [0, 0.05) is 58.4 Å². The van der Waals surface area contributed by atoms with Crippen LogP contribution in [0.25, 0.3) is 0 Å². The summed E-state index contributed by atoms with van der Waals surface area (Å²) in [4.78, 5) is 30.5. The van der Waals surface area contributed by atoms with Gasteiger partial charge in [0.2, 0.25) is 5.91 Å². The molecule has 32 heavy (non-hydrogen) atoms. The highest BCUT2D eigenvalue weighted by molar-refractivity contribution is 7.99. The number of carbonyl (C=O) groups excluding carboxylic acids is 1. The minimum Gasteiger partial charge on any atom is -0.367 e. The fraction of sp³-hybridized carbons (Fsp3) is 0.500. The van der Waals surface area contributed by atoms with Crippen LogP contribution in [0.1, 0.15) is 6.92 Å². The van der Waals surface area contributed by atoms with Crippen molar-refractivity contribution in [1.29, 1.82) is 0 Å². The summed E-state index contributed by atoms with van der Waals surface area (Å²) >= 11 is 13.9. The molecule has 0 spiro atoms. The number of benzene rings is 1. The number of nitrogens with zero attached hydrogens (tertiary/aromatic N) is 6. The van der Waals surface area contributed by atoms with Crippen LogP contribution in [0.5, 0.6) is 0 Å². The molecule has 0 bridgehead atoms. The second kappa shape index (κ2) is 10.9. The first-order valence-corrected chi connectivity index (χ1v) is 12.7. The highest BCUT2D eigenvalue weighted by Gasteiger charge is 2.23. The zero-order valence-electron chi connectivity index (χ0n) is 18.2. The number of amides is 1. The lowest BCUT2D eigenvalue weighted by Gasteiger charge is -2.36. The van der Waals surface area contributed by atoms with Crippen LogP contribution in [0.4, 0.5) is 11.5 Å². The minimum absolute atomic E-state index is 0.0931. The van der Waals surface area contributed by atoms with Crippen LogP contribution in [-0.2, 0) is 4.79 Å². The Hall–Kier alpha value is -1.74. The lowest BCUT2D eigenvalue weighted by molar-refractivity contribution is -0.128. The first kappa shape index (κ1) is 23.4. The molecular weight excluding hydrogens is 467 g/mol. The molecule has 2 saturated heterocycles. The van der Waals surface area contributed by atoms with Gasteiger partial charge in [-0.25, -0.2) is 9.97 Å². The number of thioether (sulfide) groups is 1. The Labute approximate surface area is 203 Å². The SMILES string of the molecule is CCN1CCN(c2cc(Cl)nc(SCC(=O)N3CCN(c4ccccc4Cl)CC3)n2)CC1. The van der Waals surface area contributed by atoms with E-state index in [-0.39, 0.29) is 5.91 Å². The number of anilines is 2. The summed E-state index contributed by atoms with van der Waals surface area (Å²) < 4.78 is 0. The van der Waals surface area contributed by atoms with Crippen molar-refractivity contribution < 1.29 is 4.79 Å². The van der Waals surface area contributed by atoms with Crippen molar-refractivity contribution in [3.05, 3.63) is 40.5 Å². The summed E-state index contributed by atoms with van der Waals surface area (Å²) in [5.74, 6) is 1.23. The lowest BCUT2D eigenvalue weighted by atomic mass is 10.2. The molecule has 2 fully saturated rings. The molecule has 0 atom stereocenters. The summed E-state index contributed by atoms with van der Waals surface area (Å²) in [5, 5.41) is 1.71. The average molecular weight is 495 g/mol. The molecular formula is C22H28Cl2N6OS. The molecule has 2 aliphatic rings. The summed E-state index contributed by atoms with van der Waals surface area (Å²) in [6.45, 7) is 9.98. The standard InChI is InChI=1S/C22H28Cl2N6OS/c1-2-27-7-9-29(10-8-27)20-15-19(24)25-22(26-20)32-16-21(31)30-13-11-28(12-14-30)18-6-4-3-5-17(18)23/h3-6,15H,2,7-14,16H2,1H3. The third kappa shape index (κ3) is 5.78. The molecule has 172 valence electrons. The van der Waals surface area contributed by atoms with Crippen molar-refractivity contribution >= 4 is 52.4 Å². The highest BCUT2D eigenvalue weighted by atomic mass is 35.5. The Morgan fingerprint density at radius 1 is 0.969 bits per heavy atom. The van der Waals surface area contributed by atoms with Gasteiger partial charge in [-0.2, -0.15) is 0 Å². The van der Waals surface area contributed by atoms with Crippen molar-refractivity contribution in [3.8, 4) is 0 Å². The van der Waals surface area contributed by atoms with Gasteiger partial charge in [-0.3, -0.25) is 4.79 Å². The molecule has 0 N–H and O–H groups in total. The van der Waals surface area contributed by atoms with Gasteiger partial charge in [0.15, 0.2) is 5.16 Å². The quantitative estimate of drug-likeness (QED) is 0.346. The molecule has 3 heterocycles. The van der Waals surface area contributed by atoms with Crippen molar-refractivity contribution in [2.24, 2.45) is 0 Å². The minimum atomic E-state index is 0.0931. The first-order chi connectivity index (χ1) is 15.5. The van der Waals surface area contributed by atoms with E-state index in [1.807, 2.05) is 35.2 Å². The Morgan fingerprint density at radius 2 is 1.66 bits per heavy atom. The van der Waals surface area contributed by atoms with Crippen LogP contribution in [0.3, 0.4) is 0 Å². The predicted octanol–water partition coefficient (Wildman–Crippen LogP) is 3.37. The monoisotopic (exact) mass is 494 g/mol. The summed E-state index contributed by atoms with van der Waals surface area (Å²) in [5.41, 5.74) is 1.02. The maximum atomic E-state index is 12.8. The molecule has 0 aliphatic carbocycles. The first-order valence-electron chi connectivity index (χ1n) is 11.0. The van der Waals surface area contributed by atoms with E-state index in [0.717, 1.165) is 62.3 Å². The van der Waals surface area contributed by atoms with E-state index in [0.29, 0.717) is 29.2 Å². The van der Waals surface area contributed by atoms with E-state index in [4.69, 9.17) is 23.2 Å². The maximum Gasteiger partial charge on any atom is 0.233 e. The van der Waals surface area contributed by atoms with Crippen LogP contribution in [-0.4, -0.2) is 90.3 Å². The van der Waals surface area contributed by atoms with Gasteiger partial charge in [-0.1, -0.05) is 54.0 Å². The van der Waals surface area contributed by atoms with Crippen molar-refractivity contribution in [3.63, 3.8) is 0 Å². The molecule has 4 rings (SSSR count). The molecule has 10 heteroatoms. The Morgan fingerprint density at radius 3 is 2.34 bits per heavy atom. The van der Waals surface area contributed by atoms with Gasteiger partial charge in [0.05, 0.1) is 16.5 Å². The molecule has 1 aromatic heterocycles. The fourth-order valence-corrected chi connectivity index (χ4v) is 5.27. The van der Waals surface area contributed by atoms with E-state index in [1.165, 1.54) is 11.8 Å². The highest BCUT2D eigenvalue weighted by Crippen LogP contribution is 2.27. The molecule has 0 unspecified atom stereocenters. The summed E-state index contributed by atoms with van der Waals surface area (Å²) in [6.07, 6.45) is 0.